The maximum absolute atomic E-state index is 14.4. The van der Waals surface area contributed by atoms with E-state index in [0.717, 1.165) is 44.2 Å². The molecule has 9 nitrogen and oxygen atoms in total. The van der Waals surface area contributed by atoms with Crippen molar-refractivity contribution in [1.82, 2.24) is 19.3 Å². The van der Waals surface area contributed by atoms with Crippen molar-refractivity contribution in [2.75, 3.05) is 23.3 Å². The number of benzene rings is 2. The lowest BCUT2D eigenvalue weighted by atomic mass is 9.91. The number of nitrogens with one attached hydrogen (secondary N) is 1. The maximum Gasteiger partial charge on any atom is 0.400 e. The molecular weight excluding hydrogens is 549 g/mol. The number of aromatic nitrogens is 4. The Kier molecular flexibility index (Phi) is 6.84. The number of fused-ring (bicyclic) bond motifs is 1. The first-order valence-corrected chi connectivity index (χ1v) is 12.6. The summed E-state index contributed by atoms with van der Waals surface area (Å²) in [6, 6.07) is 7.92. The summed E-state index contributed by atoms with van der Waals surface area (Å²) in [6.07, 6.45) is -3.97. The van der Waals surface area contributed by atoms with Gasteiger partial charge < -0.3 is 20.5 Å². The van der Waals surface area contributed by atoms with Crippen LogP contribution in [-0.2, 0) is 12.5 Å². The number of para-hydroxylation sites is 1. The molecule has 1 aliphatic heterocycles. The summed E-state index contributed by atoms with van der Waals surface area (Å²) in [4.78, 5) is 31.9. The summed E-state index contributed by atoms with van der Waals surface area (Å²) in [7, 11) is 1.49. The van der Waals surface area contributed by atoms with Gasteiger partial charge in [0.2, 0.25) is 0 Å². The number of amides is 1. The predicted octanol–water partition coefficient (Wildman–Crippen LogP) is 4.03. The second kappa shape index (κ2) is 9.94. The monoisotopic (exact) mass is 575 g/mol. The molecule has 1 saturated heterocycles. The Labute approximate surface area is 230 Å². The molecule has 2 aromatic heterocycles. The molecule has 4 aromatic rings. The molecule has 0 unspecified atom stereocenters. The van der Waals surface area contributed by atoms with Gasteiger partial charge in [-0.1, -0.05) is 6.07 Å². The minimum Gasteiger partial charge on any atom is -0.366 e. The molecule has 1 amide bonds. The fourth-order valence-electron chi connectivity index (χ4n) is 4.91. The summed E-state index contributed by atoms with van der Waals surface area (Å²) in [5.41, 5.74) is 3.12. The second-order valence-electron chi connectivity index (χ2n) is 10.4. The van der Waals surface area contributed by atoms with Crippen LogP contribution in [0.2, 0.25) is 0 Å². The van der Waals surface area contributed by atoms with Crippen LogP contribution in [0.4, 0.5) is 33.3 Å². The van der Waals surface area contributed by atoms with Gasteiger partial charge in [0.1, 0.15) is 28.1 Å². The van der Waals surface area contributed by atoms with Crippen LogP contribution in [0.1, 0.15) is 36.6 Å². The van der Waals surface area contributed by atoms with Gasteiger partial charge in [0, 0.05) is 32.2 Å². The van der Waals surface area contributed by atoms with Crippen molar-refractivity contribution < 1.29 is 26.7 Å². The van der Waals surface area contributed by atoms with Crippen molar-refractivity contribution >= 4 is 28.3 Å². The minimum absolute atomic E-state index is 0.204. The lowest BCUT2D eigenvalue weighted by molar-refractivity contribution is -0.182. The fraction of sp³-hybridized carbons (Fsp3) is 0.333. The Balaban J connectivity index is 1.61. The molecule has 0 bridgehead atoms. The lowest BCUT2D eigenvalue weighted by Crippen LogP contribution is -2.38. The molecule has 3 N–H and O–H groups in total. The van der Waals surface area contributed by atoms with E-state index in [1.807, 2.05) is 4.90 Å². The van der Waals surface area contributed by atoms with E-state index in [1.165, 1.54) is 23.7 Å². The van der Waals surface area contributed by atoms with Crippen molar-refractivity contribution in [3.05, 3.63) is 76.0 Å². The summed E-state index contributed by atoms with van der Waals surface area (Å²) >= 11 is 0. The number of hydrogen-bond acceptors (Lipinski definition) is 6. The zero-order valence-electron chi connectivity index (χ0n) is 22.3. The van der Waals surface area contributed by atoms with Crippen LogP contribution in [0.5, 0.6) is 0 Å². The summed E-state index contributed by atoms with van der Waals surface area (Å²) < 4.78 is 72.3. The predicted molar refractivity (Wildman–Crippen MR) is 142 cm³/mol. The molecule has 1 aliphatic rings. The van der Waals surface area contributed by atoms with E-state index in [-0.39, 0.29) is 28.8 Å². The summed E-state index contributed by atoms with van der Waals surface area (Å²) in [5.74, 6) is -3.15. The van der Waals surface area contributed by atoms with Gasteiger partial charge in [0.25, 0.3) is 11.5 Å². The van der Waals surface area contributed by atoms with Gasteiger partial charge in [-0.2, -0.15) is 23.0 Å². The van der Waals surface area contributed by atoms with Gasteiger partial charge in [-0.3, -0.25) is 9.59 Å². The number of carbonyl (C=O) groups excluding carboxylic acids is 1. The van der Waals surface area contributed by atoms with Gasteiger partial charge in [0.05, 0.1) is 16.9 Å². The maximum atomic E-state index is 14.4. The molecule has 0 spiro atoms. The molecule has 0 radical (unpaired) electrons. The second-order valence-corrected chi connectivity index (χ2v) is 10.4. The average Bonchev–Trinajstić information content (AvgIpc) is 3.47. The van der Waals surface area contributed by atoms with E-state index < -0.39 is 40.4 Å². The Morgan fingerprint density at radius 3 is 2.34 bits per heavy atom. The van der Waals surface area contributed by atoms with E-state index in [9.17, 15) is 31.5 Å². The van der Waals surface area contributed by atoms with Crippen LogP contribution in [0.3, 0.4) is 0 Å². The first-order chi connectivity index (χ1) is 19.2. The number of alkyl halides is 3. The van der Waals surface area contributed by atoms with Crippen molar-refractivity contribution in [2.24, 2.45) is 12.8 Å². The Morgan fingerprint density at radius 2 is 1.73 bits per heavy atom. The zero-order chi connectivity index (χ0) is 29.9. The Hall–Kier alpha value is -4.33. The molecule has 3 heterocycles. The highest BCUT2D eigenvalue weighted by atomic mass is 19.4. The third-order valence-corrected chi connectivity index (χ3v) is 7.27. The highest BCUT2D eigenvalue weighted by Crippen LogP contribution is 2.43. The van der Waals surface area contributed by atoms with Crippen molar-refractivity contribution in [1.29, 1.82) is 0 Å². The van der Waals surface area contributed by atoms with Gasteiger partial charge >= 0.3 is 6.18 Å². The quantitative estimate of drug-likeness (QED) is 0.348. The van der Waals surface area contributed by atoms with Crippen LogP contribution in [0.25, 0.3) is 16.7 Å². The van der Waals surface area contributed by atoms with Gasteiger partial charge in [0.15, 0.2) is 11.6 Å². The molecule has 0 saturated carbocycles. The zero-order valence-corrected chi connectivity index (χ0v) is 22.3. The van der Waals surface area contributed by atoms with Gasteiger partial charge in [-0.25, -0.2) is 13.8 Å². The van der Waals surface area contributed by atoms with Crippen LogP contribution < -0.4 is 21.5 Å². The number of imidazole rings is 1. The van der Waals surface area contributed by atoms with Crippen LogP contribution >= 0.6 is 0 Å². The van der Waals surface area contributed by atoms with Crippen molar-refractivity contribution in [3.8, 4) is 5.69 Å². The third kappa shape index (κ3) is 4.81. The number of rotatable bonds is 5. The molecule has 2 aromatic carbocycles. The number of nitrogens with zero attached hydrogens (tertiary/aromatic N) is 5. The van der Waals surface area contributed by atoms with E-state index >= 15 is 0 Å². The number of nitrogens with two attached hydrogens (primary N) is 1. The molecule has 1 atom stereocenters. The summed E-state index contributed by atoms with van der Waals surface area (Å²) in [5, 5.41) is 6.55. The highest BCUT2D eigenvalue weighted by molar-refractivity contribution is 6.08. The number of carbonyl (C=O) groups is 1. The fourth-order valence-corrected chi connectivity index (χ4v) is 4.91. The topological polar surface area (TPSA) is 111 Å². The standard InChI is InChI=1S/C27H26F5N7O2/c1-26(2,27(30,31)32)25-35-21-19(37(25)3)9-7-17(23(21)38-12-11-14(33)13-38)34-24(41)18-8-10-20(40)39(36-18)22-15(28)5-4-6-16(22)29/h4-10,14H,11-13,33H2,1-3H3,(H,34,41)/t14-/m1/s1. The highest BCUT2D eigenvalue weighted by Gasteiger charge is 2.51. The third-order valence-electron chi connectivity index (χ3n) is 7.27. The molecule has 14 heteroatoms. The van der Waals surface area contributed by atoms with Crippen molar-refractivity contribution in [2.45, 2.75) is 37.9 Å². The minimum atomic E-state index is -4.58. The molecule has 216 valence electrons. The van der Waals surface area contributed by atoms with E-state index in [1.54, 1.807) is 0 Å². The first kappa shape index (κ1) is 28.2. The smallest absolute Gasteiger partial charge is 0.366 e. The number of hydrogen-bond donors (Lipinski definition) is 2. The number of halogens is 5. The van der Waals surface area contributed by atoms with E-state index in [2.05, 4.69) is 15.4 Å². The molecule has 1 fully saturated rings. The van der Waals surface area contributed by atoms with Crippen LogP contribution in [0, 0.1) is 11.6 Å². The van der Waals surface area contributed by atoms with Crippen molar-refractivity contribution in [3.63, 3.8) is 0 Å². The van der Waals surface area contributed by atoms with E-state index in [4.69, 9.17) is 5.73 Å². The van der Waals surface area contributed by atoms with Crippen LogP contribution in [-0.4, -0.2) is 50.5 Å². The van der Waals surface area contributed by atoms with E-state index in [0.29, 0.717) is 35.4 Å². The van der Waals surface area contributed by atoms with Crippen LogP contribution in [0.15, 0.2) is 47.3 Å². The number of anilines is 2. The molecule has 5 rings (SSSR count). The molecular formula is C27H26F5N7O2. The van der Waals surface area contributed by atoms with Gasteiger partial charge in [-0.15, -0.1) is 0 Å². The normalized spacial score (nSPS) is 16.0. The number of aryl methyl sites for hydroxylation is 1. The lowest BCUT2D eigenvalue weighted by Gasteiger charge is -2.26. The Bertz CT molecular complexity index is 1710. The molecule has 41 heavy (non-hydrogen) atoms. The first-order valence-electron chi connectivity index (χ1n) is 12.6. The largest absolute Gasteiger partial charge is 0.400 e. The average molecular weight is 576 g/mol. The summed E-state index contributed by atoms with van der Waals surface area (Å²) in [6.45, 7) is 2.92. The van der Waals surface area contributed by atoms with Gasteiger partial charge in [-0.05, 0) is 50.6 Å². The molecule has 0 aliphatic carbocycles. The SMILES string of the molecule is Cn1c(C(C)(C)C(F)(F)F)nc2c(N3CC[C@@H](N)C3)c(NC(=O)c3ccc(=O)n(-c4c(F)cccc4F)n3)ccc21. The Morgan fingerprint density at radius 1 is 1.05 bits per heavy atom.